The Morgan fingerprint density at radius 1 is 1.11 bits per heavy atom. The lowest BCUT2D eigenvalue weighted by Gasteiger charge is -2.25. The average Bonchev–Trinajstić information content (AvgIpc) is 2.11. The molecule has 19 heavy (non-hydrogen) atoms. The molecule has 6 heteroatoms. The van der Waals surface area contributed by atoms with E-state index in [0.717, 1.165) is 6.42 Å². The van der Waals surface area contributed by atoms with Crippen molar-refractivity contribution in [3.05, 3.63) is 0 Å². The second kappa shape index (κ2) is 7.33. The number of hydrogen-bond acceptors (Lipinski definition) is 4. The number of primary amides is 1. The third-order valence-electron chi connectivity index (χ3n) is 2.24. The Labute approximate surface area is 115 Å². The summed E-state index contributed by atoms with van der Waals surface area (Å²) in [5.74, 6) is -0.329. The number of hydrogen-bond donors (Lipinski definition) is 3. The molecule has 6 nitrogen and oxygen atoms in total. The molecule has 0 aromatic heterocycles. The van der Waals surface area contributed by atoms with Gasteiger partial charge in [0.15, 0.2) is 0 Å². The van der Waals surface area contributed by atoms with Crippen molar-refractivity contribution in [1.29, 1.82) is 0 Å². The van der Waals surface area contributed by atoms with Crippen molar-refractivity contribution in [1.82, 2.24) is 10.6 Å². The monoisotopic (exact) mass is 273 g/mol. The van der Waals surface area contributed by atoms with Crippen LogP contribution in [0.4, 0.5) is 4.79 Å². The van der Waals surface area contributed by atoms with Crippen molar-refractivity contribution in [2.24, 2.45) is 5.73 Å². The Kier molecular flexibility index (Phi) is 6.83. The molecule has 0 rings (SSSR count). The van der Waals surface area contributed by atoms with Gasteiger partial charge in [-0.1, -0.05) is 0 Å². The van der Waals surface area contributed by atoms with E-state index in [1.807, 2.05) is 34.6 Å². The molecule has 4 N–H and O–H groups in total. The third-order valence-corrected chi connectivity index (χ3v) is 2.24. The zero-order valence-corrected chi connectivity index (χ0v) is 12.6. The molecule has 0 saturated carbocycles. The quantitative estimate of drug-likeness (QED) is 0.606. The molecule has 0 saturated heterocycles. The van der Waals surface area contributed by atoms with Crippen molar-refractivity contribution in [2.45, 2.75) is 58.6 Å². The highest BCUT2D eigenvalue weighted by Crippen LogP contribution is 2.07. The van der Waals surface area contributed by atoms with Crippen LogP contribution in [0.1, 0.15) is 47.5 Å². The first-order valence-electron chi connectivity index (χ1n) is 6.52. The third kappa shape index (κ3) is 11.5. The lowest BCUT2D eigenvalue weighted by Crippen LogP contribution is -2.43. The lowest BCUT2D eigenvalue weighted by atomic mass is 10.0. The minimum Gasteiger partial charge on any atom is -0.444 e. The molecule has 0 radical (unpaired) electrons. The molecule has 2 amide bonds. The van der Waals surface area contributed by atoms with Gasteiger partial charge in [0.1, 0.15) is 5.60 Å². The molecule has 0 atom stereocenters. The smallest absolute Gasteiger partial charge is 0.407 e. The molecule has 0 aliphatic rings. The van der Waals surface area contributed by atoms with Crippen LogP contribution in [0.25, 0.3) is 0 Å². The molecule has 0 aromatic rings. The van der Waals surface area contributed by atoms with Gasteiger partial charge in [0.2, 0.25) is 5.91 Å². The SMILES string of the molecule is CC(C)(CC(N)=O)NCCCNC(=O)OC(C)(C)C. The van der Waals surface area contributed by atoms with Crippen molar-refractivity contribution >= 4 is 12.0 Å². The summed E-state index contributed by atoms with van der Waals surface area (Å²) < 4.78 is 5.11. The van der Waals surface area contributed by atoms with Gasteiger partial charge in [0, 0.05) is 18.5 Å². The summed E-state index contributed by atoms with van der Waals surface area (Å²) >= 11 is 0. The van der Waals surface area contributed by atoms with E-state index in [9.17, 15) is 9.59 Å². The number of alkyl carbamates (subject to hydrolysis) is 1. The van der Waals surface area contributed by atoms with Crippen molar-refractivity contribution in [2.75, 3.05) is 13.1 Å². The van der Waals surface area contributed by atoms with E-state index in [1.54, 1.807) is 0 Å². The average molecular weight is 273 g/mol. The Morgan fingerprint density at radius 3 is 2.16 bits per heavy atom. The zero-order chi connectivity index (χ0) is 15.1. The van der Waals surface area contributed by atoms with Gasteiger partial charge in [0.05, 0.1) is 0 Å². The molecule has 0 heterocycles. The van der Waals surface area contributed by atoms with Crippen LogP contribution < -0.4 is 16.4 Å². The predicted molar refractivity (Wildman–Crippen MR) is 74.7 cm³/mol. The van der Waals surface area contributed by atoms with Gasteiger partial charge in [0.25, 0.3) is 0 Å². The van der Waals surface area contributed by atoms with E-state index in [-0.39, 0.29) is 17.9 Å². The van der Waals surface area contributed by atoms with Gasteiger partial charge in [-0.15, -0.1) is 0 Å². The molecular weight excluding hydrogens is 246 g/mol. The first-order valence-corrected chi connectivity index (χ1v) is 6.52. The molecule has 112 valence electrons. The largest absolute Gasteiger partial charge is 0.444 e. The van der Waals surface area contributed by atoms with Crippen molar-refractivity contribution < 1.29 is 14.3 Å². The Balaban J connectivity index is 3.71. The summed E-state index contributed by atoms with van der Waals surface area (Å²) in [6, 6.07) is 0. The number of nitrogens with two attached hydrogens (primary N) is 1. The molecule has 0 aliphatic carbocycles. The molecule has 0 fully saturated rings. The summed E-state index contributed by atoms with van der Waals surface area (Å²) in [7, 11) is 0. The van der Waals surface area contributed by atoms with E-state index >= 15 is 0 Å². The number of amides is 2. The summed E-state index contributed by atoms with van der Waals surface area (Å²) in [4.78, 5) is 22.2. The Morgan fingerprint density at radius 2 is 1.68 bits per heavy atom. The van der Waals surface area contributed by atoms with E-state index in [4.69, 9.17) is 10.5 Å². The van der Waals surface area contributed by atoms with E-state index < -0.39 is 11.7 Å². The topological polar surface area (TPSA) is 93.5 Å². The van der Waals surface area contributed by atoms with Crippen LogP contribution in [-0.2, 0) is 9.53 Å². The normalized spacial score (nSPS) is 12.1. The maximum absolute atomic E-state index is 11.3. The first kappa shape index (κ1) is 17.7. The van der Waals surface area contributed by atoms with Crippen LogP contribution >= 0.6 is 0 Å². The highest BCUT2D eigenvalue weighted by Gasteiger charge is 2.19. The number of carbonyl (C=O) groups excluding carboxylic acids is 2. The van der Waals surface area contributed by atoms with Crippen LogP contribution in [0.5, 0.6) is 0 Å². The first-order chi connectivity index (χ1) is 8.52. The minimum absolute atomic E-state index is 0.284. The van der Waals surface area contributed by atoms with Gasteiger partial charge in [-0.05, 0) is 47.6 Å². The predicted octanol–water partition coefficient (Wildman–Crippen LogP) is 1.14. The second-order valence-electron chi connectivity index (χ2n) is 6.24. The number of ether oxygens (including phenoxy) is 1. The number of nitrogens with one attached hydrogen (secondary N) is 2. The summed E-state index contributed by atoms with van der Waals surface area (Å²) in [6.45, 7) is 10.5. The second-order valence-corrected chi connectivity index (χ2v) is 6.24. The minimum atomic E-state index is -0.480. The molecule has 0 unspecified atom stereocenters. The maximum Gasteiger partial charge on any atom is 0.407 e. The van der Waals surface area contributed by atoms with Gasteiger partial charge in [-0.25, -0.2) is 4.79 Å². The fourth-order valence-corrected chi connectivity index (χ4v) is 1.52. The molecule has 0 spiro atoms. The van der Waals surface area contributed by atoms with Gasteiger partial charge >= 0.3 is 6.09 Å². The Hall–Kier alpha value is -1.30. The molecular formula is C13H27N3O3. The van der Waals surface area contributed by atoms with Gasteiger partial charge < -0.3 is 21.1 Å². The maximum atomic E-state index is 11.3. The summed E-state index contributed by atoms with van der Waals surface area (Å²) in [6.07, 6.45) is 0.623. The van der Waals surface area contributed by atoms with Crippen LogP contribution in [-0.4, -0.2) is 36.2 Å². The number of carbonyl (C=O) groups is 2. The van der Waals surface area contributed by atoms with E-state index in [2.05, 4.69) is 10.6 Å². The van der Waals surface area contributed by atoms with Crippen LogP contribution in [0.2, 0.25) is 0 Å². The van der Waals surface area contributed by atoms with Crippen LogP contribution in [0, 0.1) is 0 Å². The Bertz CT molecular complexity index is 309. The van der Waals surface area contributed by atoms with E-state index in [1.165, 1.54) is 0 Å². The van der Waals surface area contributed by atoms with Gasteiger partial charge in [-0.3, -0.25) is 4.79 Å². The number of rotatable bonds is 7. The van der Waals surface area contributed by atoms with Crippen LogP contribution in [0.15, 0.2) is 0 Å². The van der Waals surface area contributed by atoms with Crippen molar-refractivity contribution in [3.8, 4) is 0 Å². The van der Waals surface area contributed by atoms with Crippen molar-refractivity contribution in [3.63, 3.8) is 0 Å². The van der Waals surface area contributed by atoms with Crippen LogP contribution in [0.3, 0.4) is 0 Å². The standard InChI is InChI=1S/C13H27N3O3/c1-12(2,3)19-11(18)15-7-6-8-16-13(4,5)9-10(14)17/h16H,6-9H2,1-5H3,(H2,14,17)(H,15,18). The fourth-order valence-electron chi connectivity index (χ4n) is 1.52. The van der Waals surface area contributed by atoms with E-state index in [0.29, 0.717) is 13.1 Å². The highest BCUT2D eigenvalue weighted by atomic mass is 16.6. The lowest BCUT2D eigenvalue weighted by molar-refractivity contribution is -0.119. The molecule has 0 aliphatic heterocycles. The molecule has 0 aromatic carbocycles. The zero-order valence-electron chi connectivity index (χ0n) is 12.6. The van der Waals surface area contributed by atoms with Gasteiger partial charge in [-0.2, -0.15) is 0 Å². The summed E-state index contributed by atoms with van der Waals surface area (Å²) in [5, 5.41) is 5.89. The molecule has 0 bridgehead atoms. The fraction of sp³-hybridized carbons (Fsp3) is 0.846. The highest BCUT2D eigenvalue weighted by molar-refractivity contribution is 5.75. The summed E-state index contributed by atoms with van der Waals surface area (Å²) in [5.41, 5.74) is 4.35.